The minimum atomic E-state index is -0.0227. The van der Waals surface area contributed by atoms with E-state index in [-0.39, 0.29) is 12.1 Å². The smallest absolute Gasteiger partial charge is 0.312 e. The molecule has 1 N–H and O–H groups in total. The highest BCUT2D eigenvalue weighted by Gasteiger charge is 2.36. The average molecular weight is 335 g/mol. The first-order valence-corrected chi connectivity index (χ1v) is 9.23. The fourth-order valence-electron chi connectivity index (χ4n) is 4.25. The zero-order valence-corrected chi connectivity index (χ0v) is 14.7. The third kappa shape index (κ3) is 3.02. The van der Waals surface area contributed by atoms with Gasteiger partial charge in [-0.25, -0.2) is 4.79 Å². The van der Waals surface area contributed by atoms with Crippen LogP contribution in [0.4, 0.5) is 10.5 Å². The summed E-state index contributed by atoms with van der Waals surface area (Å²) >= 11 is 0. The van der Waals surface area contributed by atoms with Gasteiger partial charge in [0.05, 0.1) is 6.04 Å². The van der Waals surface area contributed by atoms with Crippen molar-refractivity contribution in [3.05, 3.63) is 65.7 Å². The number of fused-ring (bicyclic) bond motifs is 1. The number of likely N-dealkylation sites (tertiary alicyclic amines) is 1. The molecule has 0 bridgehead atoms. The van der Waals surface area contributed by atoms with E-state index >= 15 is 0 Å². The molecule has 0 spiro atoms. The Bertz CT molecular complexity index is 746. The molecule has 0 saturated carbocycles. The normalized spacial score (nSPS) is 23.4. The monoisotopic (exact) mass is 335 g/mol. The van der Waals surface area contributed by atoms with Gasteiger partial charge < -0.3 is 10.2 Å². The van der Waals surface area contributed by atoms with Crippen LogP contribution in [-0.2, 0) is 0 Å². The van der Waals surface area contributed by atoms with Crippen LogP contribution >= 0.6 is 0 Å². The third-order valence-electron chi connectivity index (χ3n) is 5.50. The van der Waals surface area contributed by atoms with Gasteiger partial charge in [0, 0.05) is 23.8 Å². The second kappa shape index (κ2) is 6.89. The Kier molecular flexibility index (Phi) is 4.45. The summed E-state index contributed by atoms with van der Waals surface area (Å²) in [5.41, 5.74) is 3.27. The molecule has 0 aromatic heterocycles. The van der Waals surface area contributed by atoms with Crippen molar-refractivity contribution < 1.29 is 4.79 Å². The molecule has 4 rings (SSSR count). The molecular formula is C21H25N3O. The highest BCUT2D eigenvalue weighted by molar-refractivity contribution is 5.93. The Morgan fingerprint density at radius 3 is 2.64 bits per heavy atom. The van der Waals surface area contributed by atoms with Crippen LogP contribution in [0, 0.1) is 0 Å². The second-order valence-electron chi connectivity index (χ2n) is 6.91. The maximum absolute atomic E-state index is 12.9. The number of benzene rings is 2. The maximum Gasteiger partial charge on any atom is 0.322 e. The van der Waals surface area contributed by atoms with E-state index in [1.165, 1.54) is 24.0 Å². The molecule has 2 aromatic rings. The minimum Gasteiger partial charge on any atom is -0.312 e. The number of carbonyl (C=O) groups excluding carboxylic acids is 1. The second-order valence-corrected chi connectivity index (χ2v) is 6.91. The summed E-state index contributed by atoms with van der Waals surface area (Å²) in [7, 11) is 0. The van der Waals surface area contributed by atoms with Gasteiger partial charge in [0.15, 0.2) is 0 Å². The van der Waals surface area contributed by atoms with Gasteiger partial charge in [0.1, 0.15) is 0 Å². The van der Waals surface area contributed by atoms with Gasteiger partial charge in [-0.05, 0) is 37.6 Å². The first kappa shape index (κ1) is 16.2. The third-order valence-corrected chi connectivity index (χ3v) is 5.50. The number of para-hydroxylation sites is 1. The predicted octanol–water partition coefficient (Wildman–Crippen LogP) is 4.11. The Hall–Kier alpha value is -2.33. The number of carbonyl (C=O) groups is 1. The molecule has 130 valence electrons. The molecule has 2 aliphatic heterocycles. The maximum atomic E-state index is 12.9. The van der Waals surface area contributed by atoms with Gasteiger partial charge in [-0.3, -0.25) is 4.90 Å². The van der Waals surface area contributed by atoms with Crippen LogP contribution in [0.3, 0.4) is 0 Å². The number of amides is 2. The first-order valence-electron chi connectivity index (χ1n) is 9.23. The summed E-state index contributed by atoms with van der Waals surface area (Å²) in [5.74, 6) is 0. The van der Waals surface area contributed by atoms with Crippen molar-refractivity contribution in [2.24, 2.45) is 0 Å². The molecule has 2 aliphatic rings. The molecule has 2 heterocycles. The fraction of sp³-hybridized carbons (Fsp3) is 0.381. The highest BCUT2D eigenvalue weighted by Crippen LogP contribution is 2.38. The molecule has 2 unspecified atom stereocenters. The van der Waals surface area contributed by atoms with E-state index in [0.29, 0.717) is 6.04 Å². The molecule has 1 saturated heterocycles. The highest BCUT2D eigenvalue weighted by atomic mass is 16.2. The zero-order chi connectivity index (χ0) is 17.2. The van der Waals surface area contributed by atoms with Crippen molar-refractivity contribution in [3.63, 3.8) is 0 Å². The number of nitrogens with zero attached hydrogens (tertiary/aromatic N) is 2. The van der Waals surface area contributed by atoms with E-state index in [1.807, 2.05) is 23.1 Å². The molecule has 4 heteroatoms. The molecule has 4 nitrogen and oxygen atoms in total. The molecule has 1 fully saturated rings. The van der Waals surface area contributed by atoms with E-state index in [9.17, 15) is 4.79 Å². The van der Waals surface area contributed by atoms with Gasteiger partial charge in [0.25, 0.3) is 0 Å². The Balaban J connectivity index is 1.72. The zero-order valence-electron chi connectivity index (χ0n) is 14.7. The van der Waals surface area contributed by atoms with Gasteiger partial charge >= 0.3 is 6.03 Å². The summed E-state index contributed by atoms with van der Waals surface area (Å²) in [4.78, 5) is 17.4. The summed E-state index contributed by atoms with van der Waals surface area (Å²) < 4.78 is 0. The number of rotatable bonds is 4. The van der Waals surface area contributed by atoms with Gasteiger partial charge in [-0.2, -0.15) is 0 Å². The molecule has 2 aromatic carbocycles. The largest absolute Gasteiger partial charge is 0.322 e. The van der Waals surface area contributed by atoms with Crippen molar-refractivity contribution >= 4 is 11.7 Å². The van der Waals surface area contributed by atoms with Crippen molar-refractivity contribution in [3.8, 4) is 0 Å². The fourth-order valence-corrected chi connectivity index (χ4v) is 4.25. The lowest BCUT2D eigenvalue weighted by Gasteiger charge is -2.40. The van der Waals surface area contributed by atoms with Crippen LogP contribution in [0.25, 0.3) is 0 Å². The van der Waals surface area contributed by atoms with E-state index in [2.05, 4.69) is 53.5 Å². The first-order chi connectivity index (χ1) is 12.3. The van der Waals surface area contributed by atoms with Crippen LogP contribution in [0.15, 0.2) is 54.6 Å². The summed E-state index contributed by atoms with van der Waals surface area (Å²) in [6.45, 7) is 5.17. The molecule has 2 atom stereocenters. The lowest BCUT2D eigenvalue weighted by molar-refractivity contribution is 0.160. The van der Waals surface area contributed by atoms with Crippen molar-refractivity contribution in [2.75, 3.05) is 25.0 Å². The van der Waals surface area contributed by atoms with Crippen LogP contribution in [0.5, 0.6) is 0 Å². The summed E-state index contributed by atoms with van der Waals surface area (Å²) in [6.07, 6.45) is 2.39. The van der Waals surface area contributed by atoms with E-state index in [1.54, 1.807) is 0 Å². The van der Waals surface area contributed by atoms with Crippen molar-refractivity contribution in [2.45, 2.75) is 31.8 Å². The van der Waals surface area contributed by atoms with Crippen molar-refractivity contribution in [1.29, 1.82) is 0 Å². The Morgan fingerprint density at radius 2 is 1.84 bits per heavy atom. The molecule has 25 heavy (non-hydrogen) atoms. The van der Waals surface area contributed by atoms with Crippen LogP contribution < -0.4 is 5.32 Å². The number of nitrogens with one attached hydrogen (secondary N) is 1. The van der Waals surface area contributed by atoms with Crippen molar-refractivity contribution in [1.82, 2.24) is 9.80 Å². The lowest BCUT2D eigenvalue weighted by Crippen LogP contribution is -2.48. The number of anilines is 1. The van der Waals surface area contributed by atoms with Gasteiger partial charge in [-0.1, -0.05) is 55.5 Å². The number of urea groups is 1. The van der Waals surface area contributed by atoms with E-state index in [4.69, 9.17) is 0 Å². The average Bonchev–Trinajstić information content (AvgIpc) is 3.10. The molecular weight excluding hydrogens is 310 g/mol. The molecule has 0 radical (unpaired) electrons. The number of hydrogen-bond donors (Lipinski definition) is 1. The minimum absolute atomic E-state index is 0.00973. The topological polar surface area (TPSA) is 35.6 Å². The summed E-state index contributed by atoms with van der Waals surface area (Å²) in [6, 6.07) is 19.0. The number of likely N-dealkylation sites (N-methyl/N-ethyl adjacent to an activating group) is 1. The van der Waals surface area contributed by atoms with Crippen LogP contribution in [0.2, 0.25) is 0 Å². The van der Waals surface area contributed by atoms with Gasteiger partial charge in [-0.15, -0.1) is 0 Å². The predicted molar refractivity (Wildman–Crippen MR) is 101 cm³/mol. The van der Waals surface area contributed by atoms with Crippen LogP contribution in [-0.4, -0.2) is 41.5 Å². The van der Waals surface area contributed by atoms with Crippen LogP contribution in [0.1, 0.15) is 36.9 Å². The summed E-state index contributed by atoms with van der Waals surface area (Å²) in [5, 5.41) is 3.08. The number of hydrogen-bond acceptors (Lipinski definition) is 2. The standard InChI is InChI=1S/C21H25N3O/c1-2-23-14-8-11-17(23)15-24-20(16-9-4-3-5-10-16)18-12-6-7-13-19(18)22-21(24)25/h3-7,9-10,12-13,17,20H,2,8,11,14-15H2,1H3,(H,22,25). The Morgan fingerprint density at radius 1 is 1.08 bits per heavy atom. The lowest BCUT2D eigenvalue weighted by atomic mass is 9.93. The Labute approximate surface area is 149 Å². The SMILES string of the molecule is CCN1CCCC1CN1C(=O)Nc2ccccc2C1c1ccccc1. The van der Waals surface area contributed by atoms with Gasteiger partial charge in [0.2, 0.25) is 0 Å². The van der Waals surface area contributed by atoms with E-state index < -0.39 is 0 Å². The quantitative estimate of drug-likeness (QED) is 0.913. The van der Waals surface area contributed by atoms with E-state index in [0.717, 1.165) is 25.3 Å². The molecule has 0 aliphatic carbocycles. The molecule has 2 amide bonds.